The van der Waals surface area contributed by atoms with Gasteiger partial charge in [0.15, 0.2) is 5.78 Å². The molecule has 0 fully saturated rings. The quantitative estimate of drug-likeness (QED) is 0.0368. The van der Waals surface area contributed by atoms with E-state index in [9.17, 15) is 78.0 Å². The molecule has 14 N–H and O–H groups in total. The summed E-state index contributed by atoms with van der Waals surface area (Å²) in [5.74, 6) is -12.8. The van der Waals surface area contributed by atoms with Gasteiger partial charge in [-0.05, 0) is 74.5 Å². The number of rotatable bonds is 37. The van der Waals surface area contributed by atoms with E-state index in [1.54, 1.807) is 32.9 Å². The molecule has 450 valence electrons. The van der Waals surface area contributed by atoms with Crippen LogP contribution < -0.4 is 48.3 Å². The molecule has 1 aromatic carbocycles. The third kappa shape index (κ3) is 24.9. The number of carbonyl (C=O) groups excluding carboxylic acids is 9. The molecule has 28 nitrogen and oxygen atoms in total. The maximum Gasteiger partial charge on any atom is 0.326 e. The van der Waals surface area contributed by atoms with E-state index in [-0.39, 0.29) is 49.1 Å². The van der Waals surface area contributed by atoms with Crippen LogP contribution in [0.5, 0.6) is 5.75 Å². The molecule has 28 heteroatoms. The van der Waals surface area contributed by atoms with Crippen molar-refractivity contribution >= 4 is 70.9 Å². The van der Waals surface area contributed by atoms with Gasteiger partial charge < -0.3 is 68.7 Å². The van der Waals surface area contributed by atoms with Gasteiger partial charge in [0.1, 0.15) is 48.0 Å². The molecule has 0 bridgehead atoms. The number of nitrogens with zero attached hydrogens (tertiary/aromatic N) is 3. The van der Waals surface area contributed by atoms with Crippen molar-refractivity contribution in [3.63, 3.8) is 0 Å². The van der Waals surface area contributed by atoms with Crippen LogP contribution in [-0.2, 0) is 76.9 Å². The number of hydrogen-bond donors (Lipinski definition) is 13. The van der Waals surface area contributed by atoms with E-state index in [1.807, 2.05) is 20.8 Å². The number of likely N-dealkylation sites (N-methyl/N-ethyl adjacent to an activating group) is 1. The molecule has 2 aromatic rings. The number of hydrogen-bond acceptors (Lipinski definition) is 16. The number of nitrogens with one attached hydrogen (secondary N) is 8. The second-order valence-electron chi connectivity index (χ2n) is 20.9. The number of phenols is 1. The van der Waals surface area contributed by atoms with Gasteiger partial charge in [-0.15, -0.1) is 5.10 Å². The van der Waals surface area contributed by atoms with Gasteiger partial charge in [0.2, 0.25) is 47.3 Å². The Balaban J connectivity index is 2.16. The lowest BCUT2D eigenvalue weighted by Gasteiger charge is -2.26. The smallest absolute Gasteiger partial charge is 0.326 e. The summed E-state index contributed by atoms with van der Waals surface area (Å²) in [5.41, 5.74) is 6.75. The Morgan fingerprint density at radius 3 is 1.72 bits per heavy atom. The molecular formula is C53H82N12O16. The lowest BCUT2D eigenvalue weighted by molar-refractivity contribution is -0.143. The van der Waals surface area contributed by atoms with E-state index in [2.05, 4.69) is 52.8 Å². The van der Waals surface area contributed by atoms with Gasteiger partial charge in [-0.3, -0.25) is 57.4 Å². The normalized spacial score (nSPS) is 14.9. The van der Waals surface area contributed by atoms with Gasteiger partial charge in [-0.25, -0.2) is 4.79 Å². The number of aromatic hydroxyl groups is 1. The molecular weight excluding hydrogens is 1060 g/mol. The Bertz CT molecular complexity index is 2500. The summed E-state index contributed by atoms with van der Waals surface area (Å²) < 4.78 is 1.37. The van der Waals surface area contributed by atoms with Crippen LogP contribution in [0.25, 0.3) is 0 Å². The van der Waals surface area contributed by atoms with Gasteiger partial charge in [-0.2, -0.15) is 0 Å². The van der Waals surface area contributed by atoms with Crippen molar-refractivity contribution in [1.29, 1.82) is 0 Å². The van der Waals surface area contributed by atoms with Crippen molar-refractivity contribution < 1.29 is 78.0 Å². The summed E-state index contributed by atoms with van der Waals surface area (Å²) in [6.45, 7) is 13.3. The minimum atomic E-state index is -1.73. The molecule has 0 saturated heterocycles. The molecule has 0 saturated carbocycles. The van der Waals surface area contributed by atoms with Gasteiger partial charge in [0.25, 0.3) is 0 Å². The highest BCUT2D eigenvalue weighted by molar-refractivity contribution is 5.98. The topological polar surface area (TPSA) is 439 Å². The van der Waals surface area contributed by atoms with E-state index in [0.29, 0.717) is 31.2 Å². The number of carboxylic acid groups (broad SMARTS) is 3. The van der Waals surface area contributed by atoms with E-state index in [1.165, 1.54) is 37.0 Å². The van der Waals surface area contributed by atoms with E-state index < -0.39 is 157 Å². The zero-order valence-electron chi connectivity index (χ0n) is 47.4. The van der Waals surface area contributed by atoms with Crippen molar-refractivity contribution in [2.75, 3.05) is 7.05 Å². The maximum absolute atomic E-state index is 13.8. The fourth-order valence-corrected chi connectivity index (χ4v) is 8.29. The minimum absolute atomic E-state index is 0.0169. The Morgan fingerprint density at radius 2 is 1.17 bits per heavy atom. The fourth-order valence-electron chi connectivity index (χ4n) is 8.29. The van der Waals surface area contributed by atoms with Crippen molar-refractivity contribution in [3.8, 4) is 5.75 Å². The zero-order valence-corrected chi connectivity index (χ0v) is 47.4. The monoisotopic (exact) mass is 1140 g/mol. The molecule has 0 aliphatic rings. The zero-order chi connectivity index (χ0) is 61.3. The Morgan fingerprint density at radius 1 is 0.617 bits per heavy atom. The molecule has 0 aliphatic carbocycles. The highest BCUT2D eigenvalue weighted by Gasteiger charge is 2.35. The first-order valence-corrected chi connectivity index (χ1v) is 26.9. The number of carboxylic acids is 3. The Hall–Kier alpha value is -8.04. The molecule has 8 amide bonds. The lowest BCUT2D eigenvalue weighted by atomic mass is 9.85. The van der Waals surface area contributed by atoms with Gasteiger partial charge in [-0.1, -0.05) is 65.3 Å². The third-order valence-corrected chi connectivity index (χ3v) is 13.3. The van der Waals surface area contributed by atoms with Gasteiger partial charge in [0.05, 0.1) is 18.2 Å². The molecule has 2 rings (SSSR count). The van der Waals surface area contributed by atoms with Gasteiger partial charge >= 0.3 is 17.9 Å². The third-order valence-electron chi connectivity index (χ3n) is 13.3. The van der Waals surface area contributed by atoms with E-state index >= 15 is 0 Å². The van der Waals surface area contributed by atoms with Crippen LogP contribution in [0.2, 0.25) is 0 Å². The number of amides is 8. The summed E-state index contributed by atoms with van der Waals surface area (Å²) >= 11 is 0. The lowest BCUT2D eigenvalue weighted by Crippen LogP contribution is -2.57. The van der Waals surface area contributed by atoms with Crippen LogP contribution in [0.15, 0.2) is 30.5 Å². The molecule has 0 aliphatic heterocycles. The number of Topliss-reactive ketones (excluding diaryl/α,β-unsaturated/α-hetero) is 1. The predicted octanol–water partition coefficient (Wildman–Crippen LogP) is -0.806. The number of benzene rings is 1. The van der Waals surface area contributed by atoms with Crippen LogP contribution in [0.3, 0.4) is 0 Å². The fraction of sp³-hybridized carbons (Fsp3) is 0.623. The number of ketones is 1. The molecule has 10 atom stereocenters. The maximum atomic E-state index is 13.8. The largest absolute Gasteiger partial charge is 0.508 e. The number of nitrogens with two attached hydrogens (primary N) is 1. The Labute approximate surface area is 470 Å². The second kappa shape index (κ2) is 34.2. The summed E-state index contributed by atoms with van der Waals surface area (Å²) in [5, 5.41) is 66.6. The summed E-state index contributed by atoms with van der Waals surface area (Å²) in [6, 6.07) is -4.72. The molecule has 1 unspecified atom stereocenters. The van der Waals surface area contributed by atoms with E-state index in [0.717, 1.165) is 6.92 Å². The number of phenolic OH excluding ortho intramolecular Hbond substituents is 1. The average Bonchev–Trinajstić information content (AvgIpc) is 3.86. The Kier molecular flexibility index (Phi) is 29.1. The minimum Gasteiger partial charge on any atom is -0.508 e. The molecule has 1 aromatic heterocycles. The van der Waals surface area contributed by atoms with Crippen molar-refractivity contribution in [3.05, 3.63) is 41.7 Å². The number of carbonyl (C=O) groups is 12. The summed E-state index contributed by atoms with van der Waals surface area (Å²) in [7, 11) is 1.43. The first kappa shape index (κ1) is 69.1. The van der Waals surface area contributed by atoms with Crippen molar-refractivity contribution in [2.24, 2.45) is 29.4 Å². The van der Waals surface area contributed by atoms with E-state index in [4.69, 9.17) is 5.73 Å². The van der Waals surface area contributed by atoms with Crippen LogP contribution in [0.1, 0.15) is 124 Å². The number of aliphatic carboxylic acids is 3. The standard InChI is InChI=1S/C53H82N12O16/c1-10-29(6)45(54)42(68)24-35(28(4)5)47(74)59-40(25-44(71)72)51(78)56-30(7)46(73)58-37(18-19-43(69)70)50(77)62-41(53(80)81)23-33-26-65(64-63-33)20-12-11-13-36(57-31(8)66)49(76)61-39(22-32-14-16-34(67)17-15-32)52(79)60-38(21-27(2)3)48(75)55-9/h14-17,26-30,35-41,45,67H,10-13,18-25,54H2,1-9H3,(H,55,75)(H,56,78)(H,57,66)(H,58,73)(H,59,74)(H,60,79)(H,61,76)(H,62,77)(H,69,70)(H,71,72)(H,80,81)/t29-,30-,35?,36+,37-,38-,39-,40-,41-,45-/m1/s1. The van der Waals surface area contributed by atoms with Crippen LogP contribution in [0.4, 0.5) is 0 Å². The molecule has 81 heavy (non-hydrogen) atoms. The first-order valence-electron chi connectivity index (χ1n) is 26.9. The highest BCUT2D eigenvalue weighted by atomic mass is 16.4. The second-order valence-corrected chi connectivity index (χ2v) is 20.9. The van der Waals surface area contributed by atoms with Crippen LogP contribution >= 0.6 is 0 Å². The molecule has 0 radical (unpaired) electrons. The number of unbranched alkanes of at least 4 members (excludes halogenated alkanes) is 1. The first-order chi connectivity index (χ1) is 38.0. The van der Waals surface area contributed by atoms with Crippen molar-refractivity contribution in [1.82, 2.24) is 57.5 Å². The molecule has 1 heterocycles. The van der Waals surface area contributed by atoms with Gasteiger partial charge in [0, 0.05) is 58.3 Å². The average molecular weight is 1140 g/mol. The predicted molar refractivity (Wildman–Crippen MR) is 290 cm³/mol. The summed E-state index contributed by atoms with van der Waals surface area (Å²) in [4.78, 5) is 155. The van der Waals surface area contributed by atoms with Crippen molar-refractivity contribution in [2.45, 2.75) is 181 Å². The van der Waals surface area contributed by atoms with Crippen LogP contribution in [-0.4, -0.2) is 162 Å². The summed E-state index contributed by atoms with van der Waals surface area (Å²) in [6.07, 6.45) is 0.173. The number of aryl methyl sites for hydroxylation is 1. The SMILES string of the molecule is CC[C@@H](C)[C@@H](N)C(=O)CC(C(=O)N[C@H](CC(=O)O)C(=O)N[C@H](C)C(=O)N[C@H](CCC(=O)O)C(=O)N[C@H](Cc1cn(CCCC[C@H](NC(C)=O)C(=O)N[C@H](Cc2ccc(O)cc2)C(=O)N[C@H](CC(C)C)C(=O)NC)nn1)C(=O)O)C(C)C. The number of aromatic nitrogens is 3. The van der Waals surface area contributed by atoms with Crippen LogP contribution in [0, 0.1) is 23.7 Å². The molecule has 0 spiro atoms. The highest BCUT2D eigenvalue weighted by Crippen LogP contribution is 2.20.